The van der Waals surface area contributed by atoms with Crippen LogP contribution in [0.2, 0.25) is 0 Å². The predicted molar refractivity (Wildman–Crippen MR) is 54.3 cm³/mol. The monoisotopic (exact) mass is 228 g/mol. The Morgan fingerprint density at radius 1 is 1.44 bits per heavy atom. The predicted octanol–water partition coefficient (Wildman–Crippen LogP) is 0.952. The van der Waals surface area contributed by atoms with Gasteiger partial charge in [0.2, 0.25) is 0 Å². The quantitative estimate of drug-likeness (QED) is 0.675. The van der Waals surface area contributed by atoms with Crippen molar-refractivity contribution in [2.75, 3.05) is 26.4 Å². The smallest absolute Gasteiger partial charge is 0.417 e. The van der Waals surface area contributed by atoms with E-state index in [1.165, 1.54) is 0 Å². The highest BCUT2D eigenvalue weighted by Gasteiger charge is 2.15. The molecule has 1 aliphatic rings. The van der Waals surface area contributed by atoms with Crippen LogP contribution in [0.1, 0.15) is 18.7 Å². The number of aromatic nitrogens is 2. The molecule has 0 bridgehead atoms. The molecule has 0 N–H and O–H groups in total. The molecule has 1 atom stereocenters. The first-order valence-corrected chi connectivity index (χ1v) is 5.47. The van der Waals surface area contributed by atoms with E-state index in [4.69, 9.17) is 18.7 Å². The van der Waals surface area contributed by atoms with Crippen LogP contribution in [0.25, 0.3) is 0 Å². The van der Waals surface area contributed by atoms with E-state index in [9.17, 15) is 0 Å². The van der Waals surface area contributed by atoms with Gasteiger partial charge in [-0.15, -0.1) is 0 Å². The van der Waals surface area contributed by atoms with Crippen molar-refractivity contribution in [3.63, 3.8) is 0 Å². The lowest BCUT2D eigenvalue weighted by molar-refractivity contribution is 0.00539. The van der Waals surface area contributed by atoms with E-state index in [2.05, 4.69) is 10.1 Å². The maximum atomic E-state index is 5.41. The third-order valence-corrected chi connectivity index (χ3v) is 2.29. The number of rotatable bonds is 6. The Labute approximate surface area is 93.9 Å². The lowest BCUT2D eigenvalue weighted by Crippen LogP contribution is -2.17. The van der Waals surface area contributed by atoms with Crippen LogP contribution < -0.4 is 4.74 Å². The highest BCUT2D eigenvalue weighted by molar-refractivity contribution is 4.86. The van der Waals surface area contributed by atoms with Crippen molar-refractivity contribution in [1.82, 2.24) is 10.1 Å². The molecule has 2 rings (SSSR count). The van der Waals surface area contributed by atoms with Crippen LogP contribution in [0, 0.1) is 6.92 Å². The standard InChI is InChI=1S/C10H16N2O4/c1-8-11-10(16-12-8)15-6-5-13-7-9-3-2-4-14-9/h9H,2-7H2,1H3. The van der Waals surface area contributed by atoms with Crippen LogP contribution in [0.3, 0.4) is 0 Å². The van der Waals surface area contributed by atoms with E-state index in [0.29, 0.717) is 25.6 Å². The van der Waals surface area contributed by atoms with Gasteiger partial charge in [-0.1, -0.05) is 5.16 Å². The van der Waals surface area contributed by atoms with Gasteiger partial charge < -0.3 is 14.2 Å². The Hall–Kier alpha value is -1.14. The van der Waals surface area contributed by atoms with Gasteiger partial charge >= 0.3 is 6.08 Å². The molecule has 2 heterocycles. The van der Waals surface area contributed by atoms with Gasteiger partial charge in [0.15, 0.2) is 5.82 Å². The Bertz CT molecular complexity index is 310. The summed E-state index contributed by atoms with van der Waals surface area (Å²) in [7, 11) is 0. The summed E-state index contributed by atoms with van der Waals surface area (Å²) in [6, 6.07) is 0. The second kappa shape index (κ2) is 5.81. The van der Waals surface area contributed by atoms with E-state index in [1.807, 2.05) is 0 Å². The van der Waals surface area contributed by atoms with Gasteiger partial charge in [0, 0.05) is 6.61 Å². The van der Waals surface area contributed by atoms with Gasteiger partial charge in [-0.05, 0) is 19.8 Å². The maximum Gasteiger partial charge on any atom is 0.417 e. The molecular formula is C10H16N2O4. The molecule has 1 unspecified atom stereocenters. The van der Waals surface area contributed by atoms with Crippen molar-refractivity contribution in [3.05, 3.63) is 5.82 Å². The maximum absolute atomic E-state index is 5.41. The lowest BCUT2D eigenvalue weighted by atomic mass is 10.2. The average molecular weight is 228 g/mol. The molecule has 16 heavy (non-hydrogen) atoms. The zero-order valence-electron chi connectivity index (χ0n) is 9.35. The minimum Gasteiger partial charge on any atom is -0.446 e. The second-order valence-electron chi connectivity index (χ2n) is 3.67. The lowest BCUT2D eigenvalue weighted by Gasteiger charge is -2.09. The number of aryl methyl sites for hydroxylation is 1. The van der Waals surface area contributed by atoms with E-state index in [0.717, 1.165) is 19.4 Å². The fourth-order valence-electron chi connectivity index (χ4n) is 1.52. The Kier molecular flexibility index (Phi) is 4.12. The molecule has 0 spiro atoms. The molecule has 1 aromatic rings. The summed E-state index contributed by atoms with van der Waals surface area (Å²) >= 11 is 0. The van der Waals surface area contributed by atoms with E-state index in [1.54, 1.807) is 6.92 Å². The summed E-state index contributed by atoms with van der Waals surface area (Å²) < 4.78 is 20.8. The normalized spacial score (nSPS) is 20.2. The van der Waals surface area contributed by atoms with Gasteiger partial charge in [0.25, 0.3) is 0 Å². The average Bonchev–Trinajstić information content (AvgIpc) is 2.89. The SMILES string of the molecule is Cc1noc(OCCOCC2CCCO2)n1. The van der Waals surface area contributed by atoms with E-state index >= 15 is 0 Å². The highest BCUT2D eigenvalue weighted by atomic mass is 16.6. The van der Waals surface area contributed by atoms with E-state index in [-0.39, 0.29) is 12.2 Å². The van der Waals surface area contributed by atoms with Crippen molar-refractivity contribution >= 4 is 0 Å². The van der Waals surface area contributed by atoms with Crippen LogP contribution in [-0.4, -0.2) is 42.7 Å². The van der Waals surface area contributed by atoms with E-state index < -0.39 is 0 Å². The summed E-state index contributed by atoms with van der Waals surface area (Å²) in [6.45, 7) is 4.14. The molecular weight excluding hydrogens is 212 g/mol. The fraction of sp³-hybridized carbons (Fsp3) is 0.800. The van der Waals surface area contributed by atoms with Gasteiger partial charge in [0.05, 0.1) is 19.3 Å². The molecule has 0 amide bonds. The summed E-state index contributed by atoms with van der Waals surface area (Å²) in [5.41, 5.74) is 0. The minimum absolute atomic E-state index is 0.193. The van der Waals surface area contributed by atoms with Crippen molar-refractivity contribution in [1.29, 1.82) is 0 Å². The highest BCUT2D eigenvalue weighted by Crippen LogP contribution is 2.11. The van der Waals surface area contributed by atoms with Gasteiger partial charge in [-0.2, -0.15) is 4.98 Å². The number of ether oxygens (including phenoxy) is 3. The summed E-state index contributed by atoms with van der Waals surface area (Å²) in [5.74, 6) is 0.565. The van der Waals surface area contributed by atoms with Gasteiger partial charge in [-0.3, -0.25) is 4.52 Å². The minimum atomic E-state index is 0.193. The molecule has 0 aliphatic carbocycles. The Morgan fingerprint density at radius 3 is 3.06 bits per heavy atom. The Morgan fingerprint density at radius 2 is 2.38 bits per heavy atom. The summed E-state index contributed by atoms with van der Waals surface area (Å²) in [4.78, 5) is 3.91. The number of hydrogen-bond donors (Lipinski definition) is 0. The summed E-state index contributed by atoms with van der Waals surface area (Å²) in [6.07, 6.45) is 2.67. The second-order valence-corrected chi connectivity index (χ2v) is 3.67. The third kappa shape index (κ3) is 3.46. The molecule has 90 valence electrons. The van der Waals surface area contributed by atoms with Crippen LogP contribution in [0.15, 0.2) is 4.52 Å². The molecule has 6 heteroatoms. The van der Waals surface area contributed by atoms with Crippen LogP contribution >= 0.6 is 0 Å². The van der Waals surface area contributed by atoms with Crippen LogP contribution in [0.5, 0.6) is 6.08 Å². The zero-order valence-corrected chi connectivity index (χ0v) is 9.35. The first-order valence-electron chi connectivity index (χ1n) is 5.47. The molecule has 0 radical (unpaired) electrons. The first kappa shape index (κ1) is 11.3. The topological polar surface area (TPSA) is 66.6 Å². The number of hydrogen-bond acceptors (Lipinski definition) is 6. The Balaban J connectivity index is 1.51. The van der Waals surface area contributed by atoms with Crippen molar-refractivity contribution in [2.45, 2.75) is 25.9 Å². The van der Waals surface area contributed by atoms with Crippen molar-refractivity contribution in [2.24, 2.45) is 0 Å². The molecule has 1 saturated heterocycles. The van der Waals surface area contributed by atoms with Crippen LogP contribution in [-0.2, 0) is 9.47 Å². The molecule has 0 saturated carbocycles. The largest absolute Gasteiger partial charge is 0.446 e. The molecule has 6 nitrogen and oxygen atoms in total. The first-order chi connectivity index (χ1) is 7.84. The van der Waals surface area contributed by atoms with Gasteiger partial charge in [-0.25, -0.2) is 0 Å². The van der Waals surface area contributed by atoms with Gasteiger partial charge in [0.1, 0.15) is 6.61 Å². The molecule has 0 aromatic carbocycles. The van der Waals surface area contributed by atoms with Crippen molar-refractivity contribution < 1.29 is 18.7 Å². The number of nitrogens with zero attached hydrogens (tertiary/aromatic N) is 2. The molecule has 1 aliphatic heterocycles. The third-order valence-electron chi connectivity index (χ3n) is 2.29. The molecule has 1 fully saturated rings. The fourth-order valence-corrected chi connectivity index (χ4v) is 1.52. The zero-order chi connectivity index (χ0) is 11.2. The van der Waals surface area contributed by atoms with Crippen molar-refractivity contribution in [3.8, 4) is 6.08 Å². The van der Waals surface area contributed by atoms with Crippen LogP contribution in [0.4, 0.5) is 0 Å². The summed E-state index contributed by atoms with van der Waals surface area (Å²) in [5, 5.41) is 3.61. The molecule has 1 aromatic heterocycles.